The largest absolute Gasteiger partial charge is 0.454 e. The first-order chi connectivity index (χ1) is 13.1. The SMILES string of the molecule is CN(C)S(=O)(=O)c1cccc(C(=O)OCC(=O)c2ccc(OC(F)F)cc2)c1. The van der Waals surface area contributed by atoms with E-state index in [1.165, 1.54) is 56.6 Å². The molecule has 0 saturated carbocycles. The molecule has 0 N–H and O–H groups in total. The molecular formula is C18H17F2NO6S. The maximum absolute atomic E-state index is 12.1. The first-order valence-corrected chi connectivity index (χ1v) is 9.33. The van der Waals surface area contributed by atoms with Gasteiger partial charge in [0.15, 0.2) is 12.4 Å². The molecule has 0 aromatic heterocycles. The Morgan fingerprint density at radius 2 is 1.68 bits per heavy atom. The Hall–Kier alpha value is -2.85. The number of hydrogen-bond acceptors (Lipinski definition) is 6. The topological polar surface area (TPSA) is 90.0 Å². The zero-order chi connectivity index (χ0) is 20.9. The summed E-state index contributed by atoms with van der Waals surface area (Å²) in [6.45, 7) is -3.58. The number of Topliss-reactive ketones (excluding diaryl/α,β-unsaturated/α-hetero) is 1. The quantitative estimate of drug-likeness (QED) is 0.488. The lowest BCUT2D eigenvalue weighted by Gasteiger charge is -2.12. The van der Waals surface area contributed by atoms with Crippen molar-refractivity contribution in [3.8, 4) is 5.75 Å². The maximum Gasteiger partial charge on any atom is 0.387 e. The first kappa shape index (κ1) is 21.5. The van der Waals surface area contributed by atoms with Crippen LogP contribution in [0, 0.1) is 0 Å². The van der Waals surface area contributed by atoms with Crippen LogP contribution in [0.2, 0.25) is 0 Å². The highest BCUT2D eigenvalue weighted by atomic mass is 32.2. The summed E-state index contributed by atoms with van der Waals surface area (Å²) in [4.78, 5) is 24.1. The number of ketones is 1. The van der Waals surface area contributed by atoms with Gasteiger partial charge in [-0.1, -0.05) is 6.07 Å². The molecule has 0 saturated heterocycles. The molecule has 0 spiro atoms. The second-order valence-corrected chi connectivity index (χ2v) is 7.87. The molecule has 150 valence electrons. The Labute approximate surface area is 160 Å². The van der Waals surface area contributed by atoms with Crippen molar-refractivity contribution < 1.29 is 36.3 Å². The molecule has 0 heterocycles. The van der Waals surface area contributed by atoms with Gasteiger partial charge in [0.05, 0.1) is 10.5 Å². The lowest BCUT2D eigenvalue weighted by atomic mass is 10.1. The van der Waals surface area contributed by atoms with Crippen molar-refractivity contribution in [3.05, 3.63) is 59.7 Å². The second kappa shape index (κ2) is 8.89. The van der Waals surface area contributed by atoms with Gasteiger partial charge < -0.3 is 9.47 Å². The minimum atomic E-state index is -3.73. The van der Waals surface area contributed by atoms with Crippen LogP contribution in [-0.2, 0) is 14.8 Å². The lowest BCUT2D eigenvalue weighted by Crippen LogP contribution is -2.22. The monoisotopic (exact) mass is 413 g/mol. The fourth-order valence-electron chi connectivity index (χ4n) is 2.11. The molecule has 0 aliphatic heterocycles. The first-order valence-electron chi connectivity index (χ1n) is 7.89. The summed E-state index contributed by atoms with van der Waals surface area (Å²) in [6, 6.07) is 10.1. The Bertz CT molecular complexity index is 958. The molecule has 0 unspecified atom stereocenters. The number of alkyl halides is 2. The number of hydrogen-bond donors (Lipinski definition) is 0. The highest BCUT2D eigenvalue weighted by molar-refractivity contribution is 7.89. The molecule has 28 heavy (non-hydrogen) atoms. The number of carbonyl (C=O) groups is 2. The summed E-state index contributed by atoms with van der Waals surface area (Å²) in [5.74, 6) is -1.54. The smallest absolute Gasteiger partial charge is 0.387 e. The summed E-state index contributed by atoms with van der Waals surface area (Å²) >= 11 is 0. The third kappa shape index (κ3) is 5.33. The predicted molar refractivity (Wildman–Crippen MR) is 95.0 cm³/mol. The normalized spacial score (nSPS) is 11.5. The van der Waals surface area contributed by atoms with Crippen LogP contribution in [0.3, 0.4) is 0 Å². The van der Waals surface area contributed by atoms with E-state index >= 15 is 0 Å². The molecule has 0 fully saturated rings. The fraction of sp³-hybridized carbons (Fsp3) is 0.222. The maximum atomic E-state index is 12.1. The molecule has 2 aromatic carbocycles. The van der Waals surface area contributed by atoms with E-state index in [2.05, 4.69) is 4.74 Å². The molecule has 0 amide bonds. The number of sulfonamides is 1. The van der Waals surface area contributed by atoms with E-state index in [0.29, 0.717) is 0 Å². The van der Waals surface area contributed by atoms with Gasteiger partial charge in [0.1, 0.15) is 5.75 Å². The highest BCUT2D eigenvalue weighted by Crippen LogP contribution is 2.17. The number of benzene rings is 2. The molecule has 7 nitrogen and oxygen atoms in total. The van der Waals surface area contributed by atoms with Gasteiger partial charge in [-0.15, -0.1) is 0 Å². The van der Waals surface area contributed by atoms with Crippen LogP contribution in [0.15, 0.2) is 53.4 Å². The number of halogens is 2. The minimum Gasteiger partial charge on any atom is -0.454 e. The molecule has 0 aliphatic carbocycles. The van der Waals surface area contributed by atoms with Crippen LogP contribution in [0.5, 0.6) is 5.75 Å². The van der Waals surface area contributed by atoms with Crippen molar-refractivity contribution in [1.82, 2.24) is 4.31 Å². The van der Waals surface area contributed by atoms with Crippen LogP contribution in [0.25, 0.3) is 0 Å². The van der Waals surface area contributed by atoms with Crippen LogP contribution in [-0.4, -0.2) is 51.8 Å². The third-order valence-electron chi connectivity index (χ3n) is 3.58. The average Bonchev–Trinajstić information content (AvgIpc) is 2.66. The zero-order valence-corrected chi connectivity index (χ0v) is 15.8. The lowest BCUT2D eigenvalue weighted by molar-refractivity contribution is -0.0498. The molecule has 0 bridgehead atoms. The van der Waals surface area contributed by atoms with Gasteiger partial charge >= 0.3 is 12.6 Å². The summed E-state index contributed by atoms with van der Waals surface area (Å²) in [5.41, 5.74) is 0.106. The molecule has 10 heteroatoms. The van der Waals surface area contributed by atoms with Crippen molar-refractivity contribution >= 4 is 21.8 Å². The van der Waals surface area contributed by atoms with E-state index in [4.69, 9.17) is 4.74 Å². The Balaban J connectivity index is 2.03. The summed E-state index contributed by atoms with van der Waals surface area (Å²) in [7, 11) is -1.01. The van der Waals surface area contributed by atoms with Crippen molar-refractivity contribution in [2.75, 3.05) is 20.7 Å². The van der Waals surface area contributed by atoms with Crippen LogP contribution >= 0.6 is 0 Å². The van der Waals surface area contributed by atoms with Gasteiger partial charge in [0.25, 0.3) is 0 Å². The summed E-state index contributed by atoms with van der Waals surface area (Å²) in [6.07, 6.45) is 0. The Morgan fingerprint density at radius 3 is 2.25 bits per heavy atom. The van der Waals surface area contributed by atoms with E-state index in [1.54, 1.807) is 0 Å². The third-order valence-corrected chi connectivity index (χ3v) is 5.40. The molecule has 0 atom stereocenters. The Morgan fingerprint density at radius 1 is 1.04 bits per heavy atom. The van der Waals surface area contributed by atoms with Gasteiger partial charge in [0, 0.05) is 19.7 Å². The number of ether oxygens (including phenoxy) is 2. The second-order valence-electron chi connectivity index (χ2n) is 5.72. The van der Waals surface area contributed by atoms with Crippen molar-refractivity contribution in [2.24, 2.45) is 0 Å². The van der Waals surface area contributed by atoms with Gasteiger partial charge in [-0.3, -0.25) is 4.79 Å². The van der Waals surface area contributed by atoms with E-state index in [0.717, 1.165) is 10.4 Å². The molecule has 2 aromatic rings. The summed E-state index contributed by atoms with van der Waals surface area (Å²) < 4.78 is 58.5. The van der Waals surface area contributed by atoms with Crippen molar-refractivity contribution in [3.63, 3.8) is 0 Å². The molecule has 0 radical (unpaired) electrons. The Kier molecular flexibility index (Phi) is 6.81. The van der Waals surface area contributed by atoms with E-state index < -0.39 is 35.0 Å². The van der Waals surface area contributed by atoms with Crippen molar-refractivity contribution in [2.45, 2.75) is 11.5 Å². The highest BCUT2D eigenvalue weighted by Gasteiger charge is 2.20. The fourth-order valence-corrected chi connectivity index (χ4v) is 3.06. The zero-order valence-electron chi connectivity index (χ0n) is 15.0. The predicted octanol–water partition coefficient (Wildman–Crippen LogP) is 2.58. The molecule has 2 rings (SSSR count). The van der Waals surface area contributed by atoms with Gasteiger partial charge in [0.2, 0.25) is 10.0 Å². The van der Waals surface area contributed by atoms with E-state index in [9.17, 15) is 26.8 Å². The van der Waals surface area contributed by atoms with Gasteiger partial charge in [-0.05, 0) is 42.5 Å². The van der Waals surface area contributed by atoms with Crippen LogP contribution < -0.4 is 4.74 Å². The molecule has 0 aliphatic rings. The van der Waals surface area contributed by atoms with Crippen molar-refractivity contribution in [1.29, 1.82) is 0 Å². The van der Waals surface area contributed by atoms with Gasteiger partial charge in [-0.25, -0.2) is 17.5 Å². The van der Waals surface area contributed by atoms with Crippen LogP contribution in [0.1, 0.15) is 20.7 Å². The number of rotatable bonds is 8. The average molecular weight is 413 g/mol. The molecular weight excluding hydrogens is 396 g/mol. The summed E-state index contributed by atoms with van der Waals surface area (Å²) in [5, 5.41) is 0. The van der Waals surface area contributed by atoms with E-state index in [-0.39, 0.29) is 21.8 Å². The number of esters is 1. The van der Waals surface area contributed by atoms with Gasteiger partial charge in [-0.2, -0.15) is 8.78 Å². The van der Waals surface area contributed by atoms with E-state index in [1.807, 2.05) is 0 Å². The minimum absolute atomic E-state index is 0.0311. The number of carbonyl (C=O) groups excluding carboxylic acids is 2. The standard InChI is InChI=1S/C18H17F2NO6S/c1-21(2)28(24,25)15-5-3-4-13(10-15)17(23)26-11-16(22)12-6-8-14(9-7-12)27-18(19)20/h3-10,18H,11H2,1-2H3. The number of nitrogens with zero attached hydrogens (tertiary/aromatic N) is 1. The van der Waals surface area contributed by atoms with Crippen LogP contribution in [0.4, 0.5) is 8.78 Å².